The number of carboxylic acids is 1. The summed E-state index contributed by atoms with van der Waals surface area (Å²) in [7, 11) is 0. The van der Waals surface area contributed by atoms with Crippen LogP contribution in [0, 0.1) is 6.92 Å². The van der Waals surface area contributed by atoms with E-state index in [0.29, 0.717) is 12.4 Å². The quantitative estimate of drug-likeness (QED) is 0.591. The minimum atomic E-state index is -1.36. The van der Waals surface area contributed by atoms with Crippen LogP contribution in [0.2, 0.25) is 0 Å². The van der Waals surface area contributed by atoms with Gasteiger partial charge >= 0.3 is 5.97 Å². The Hall–Kier alpha value is -1.96. The first-order valence-electron chi connectivity index (χ1n) is 5.13. The molecule has 0 radical (unpaired) electrons. The summed E-state index contributed by atoms with van der Waals surface area (Å²) < 4.78 is 0. The van der Waals surface area contributed by atoms with Crippen molar-refractivity contribution in [1.29, 1.82) is 0 Å². The first kappa shape index (κ1) is 11.5. The molecule has 1 aliphatic heterocycles. The molecular formula is C9H13N5O3. The van der Waals surface area contributed by atoms with Crippen LogP contribution >= 0.6 is 0 Å². The summed E-state index contributed by atoms with van der Waals surface area (Å²) in [6.07, 6.45) is 0.234. The molecule has 1 fully saturated rings. The number of aryl methyl sites for hydroxylation is 1. The zero-order valence-electron chi connectivity index (χ0n) is 9.30. The zero-order valence-corrected chi connectivity index (χ0v) is 9.30. The van der Waals surface area contributed by atoms with Gasteiger partial charge in [0.05, 0.1) is 0 Å². The summed E-state index contributed by atoms with van der Waals surface area (Å²) in [6, 6.07) is 0. The fourth-order valence-corrected chi connectivity index (χ4v) is 1.76. The number of nitrogens with one attached hydrogen (secondary N) is 1. The molecule has 0 bridgehead atoms. The number of likely N-dealkylation sites (tertiary alicyclic amines) is 1. The van der Waals surface area contributed by atoms with E-state index in [9.17, 15) is 9.59 Å². The van der Waals surface area contributed by atoms with Crippen LogP contribution in [-0.4, -0.2) is 55.7 Å². The van der Waals surface area contributed by atoms with Gasteiger partial charge in [-0.25, -0.2) is 4.98 Å². The Morgan fingerprint density at radius 3 is 2.76 bits per heavy atom. The summed E-state index contributed by atoms with van der Waals surface area (Å²) in [5.41, 5.74) is 4.31. The highest BCUT2D eigenvalue weighted by molar-refractivity contribution is 5.92. The van der Waals surface area contributed by atoms with Gasteiger partial charge in [0.1, 0.15) is 11.4 Å². The molecule has 2 heterocycles. The van der Waals surface area contributed by atoms with E-state index in [1.54, 1.807) is 6.92 Å². The number of rotatable bonds is 2. The molecule has 1 saturated heterocycles. The number of aliphatic carboxylic acids is 1. The van der Waals surface area contributed by atoms with Crippen molar-refractivity contribution in [2.75, 3.05) is 13.1 Å². The first-order chi connectivity index (χ1) is 7.92. The fourth-order valence-electron chi connectivity index (χ4n) is 1.76. The maximum Gasteiger partial charge on any atom is 0.325 e. The number of carboxylic acid groups (broad SMARTS) is 1. The maximum absolute atomic E-state index is 11.9. The Labute approximate surface area is 96.8 Å². The summed E-state index contributed by atoms with van der Waals surface area (Å²) in [5.74, 6) is -0.927. The van der Waals surface area contributed by atoms with Gasteiger partial charge in [-0.15, -0.1) is 5.10 Å². The van der Waals surface area contributed by atoms with E-state index in [4.69, 9.17) is 10.8 Å². The highest BCUT2D eigenvalue weighted by atomic mass is 16.4. The molecule has 0 aliphatic carbocycles. The molecule has 1 aromatic rings. The standard InChI is InChI=1S/C9H13N5O3/c1-5-11-6(13-12-5)7(15)14-3-2-9(10,4-14)8(16)17/h2-4,10H2,1H3,(H,16,17)(H,11,12,13). The van der Waals surface area contributed by atoms with Gasteiger partial charge in [-0.2, -0.15) is 0 Å². The number of hydrogen-bond acceptors (Lipinski definition) is 5. The van der Waals surface area contributed by atoms with E-state index >= 15 is 0 Å². The van der Waals surface area contributed by atoms with E-state index in [2.05, 4.69) is 15.2 Å². The van der Waals surface area contributed by atoms with E-state index in [1.165, 1.54) is 4.90 Å². The minimum absolute atomic E-state index is 0.0191. The van der Waals surface area contributed by atoms with Crippen molar-refractivity contribution >= 4 is 11.9 Å². The number of carbonyl (C=O) groups excluding carboxylic acids is 1. The monoisotopic (exact) mass is 239 g/mol. The number of nitrogens with two attached hydrogens (primary N) is 1. The lowest BCUT2D eigenvalue weighted by atomic mass is 10.0. The lowest BCUT2D eigenvalue weighted by Gasteiger charge is -2.18. The normalized spacial score (nSPS) is 24.0. The van der Waals surface area contributed by atoms with Crippen LogP contribution in [-0.2, 0) is 4.79 Å². The Morgan fingerprint density at radius 2 is 2.29 bits per heavy atom. The van der Waals surface area contributed by atoms with Gasteiger partial charge in [0, 0.05) is 13.1 Å². The number of hydrogen-bond donors (Lipinski definition) is 3. The fraction of sp³-hybridized carbons (Fsp3) is 0.556. The zero-order chi connectivity index (χ0) is 12.6. The molecule has 2 rings (SSSR count). The van der Waals surface area contributed by atoms with Crippen LogP contribution in [0.5, 0.6) is 0 Å². The molecule has 1 aliphatic rings. The second-order valence-corrected chi connectivity index (χ2v) is 4.18. The third-order valence-electron chi connectivity index (χ3n) is 2.80. The van der Waals surface area contributed by atoms with Crippen molar-refractivity contribution < 1.29 is 14.7 Å². The highest BCUT2D eigenvalue weighted by Crippen LogP contribution is 2.20. The molecule has 4 N–H and O–H groups in total. The molecule has 1 unspecified atom stereocenters. The molecule has 92 valence electrons. The second-order valence-electron chi connectivity index (χ2n) is 4.18. The maximum atomic E-state index is 11.9. The van der Waals surface area contributed by atoms with Gasteiger partial charge in [0.15, 0.2) is 0 Å². The van der Waals surface area contributed by atoms with Crippen molar-refractivity contribution in [2.24, 2.45) is 5.73 Å². The molecule has 8 heteroatoms. The van der Waals surface area contributed by atoms with Gasteiger partial charge < -0.3 is 15.7 Å². The highest BCUT2D eigenvalue weighted by Gasteiger charge is 2.43. The predicted octanol–water partition coefficient (Wildman–Crippen LogP) is -1.26. The lowest BCUT2D eigenvalue weighted by molar-refractivity contribution is -0.142. The van der Waals surface area contributed by atoms with Crippen LogP contribution in [0.1, 0.15) is 22.9 Å². The van der Waals surface area contributed by atoms with Crippen LogP contribution < -0.4 is 5.73 Å². The van der Waals surface area contributed by atoms with Crippen LogP contribution in [0.4, 0.5) is 0 Å². The average Bonchev–Trinajstić information content (AvgIpc) is 2.85. The third kappa shape index (κ3) is 1.98. The number of nitrogens with zero attached hydrogens (tertiary/aromatic N) is 3. The number of carbonyl (C=O) groups is 2. The van der Waals surface area contributed by atoms with Gasteiger partial charge in [-0.1, -0.05) is 0 Å². The van der Waals surface area contributed by atoms with E-state index in [0.717, 1.165) is 0 Å². The molecule has 0 saturated carbocycles. The van der Waals surface area contributed by atoms with Gasteiger partial charge in [0.25, 0.3) is 5.91 Å². The minimum Gasteiger partial charge on any atom is -0.480 e. The number of amides is 1. The molecule has 1 atom stereocenters. The van der Waals surface area contributed by atoms with Gasteiger partial charge in [0.2, 0.25) is 5.82 Å². The number of H-pyrrole nitrogens is 1. The summed E-state index contributed by atoms with van der Waals surface area (Å²) in [4.78, 5) is 28.1. The smallest absolute Gasteiger partial charge is 0.325 e. The molecule has 17 heavy (non-hydrogen) atoms. The summed E-state index contributed by atoms with van der Waals surface area (Å²) in [5, 5.41) is 15.2. The molecule has 8 nitrogen and oxygen atoms in total. The van der Waals surface area contributed by atoms with Crippen molar-refractivity contribution in [3.05, 3.63) is 11.6 Å². The number of aromatic amines is 1. The number of aromatic nitrogens is 3. The van der Waals surface area contributed by atoms with Gasteiger partial charge in [-0.05, 0) is 13.3 Å². The van der Waals surface area contributed by atoms with Gasteiger partial charge in [-0.3, -0.25) is 14.7 Å². The SMILES string of the molecule is Cc1nc(C(=O)N2CCC(N)(C(=O)O)C2)n[nH]1. The molecule has 0 aromatic carbocycles. The third-order valence-corrected chi connectivity index (χ3v) is 2.80. The topological polar surface area (TPSA) is 125 Å². The summed E-state index contributed by atoms with van der Waals surface area (Å²) >= 11 is 0. The van der Waals surface area contributed by atoms with E-state index in [-0.39, 0.29) is 18.8 Å². The Kier molecular flexibility index (Phi) is 2.58. The van der Waals surface area contributed by atoms with Crippen molar-refractivity contribution in [2.45, 2.75) is 18.9 Å². The van der Waals surface area contributed by atoms with Crippen LogP contribution in [0.3, 0.4) is 0 Å². The first-order valence-corrected chi connectivity index (χ1v) is 5.13. The van der Waals surface area contributed by atoms with Crippen molar-refractivity contribution in [3.8, 4) is 0 Å². The predicted molar refractivity (Wildman–Crippen MR) is 56.2 cm³/mol. The van der Waals surface area contributed by atoms with E-state index in [1.807, 2.05) is 0 Å². The Bertz CT molecular complexity index is 471. The van der Waals surface area contributed by atoms with Crippen molar-refractivity contribution in [3.63, 3.8) is 0 Å². The van der Waals surface area contributed by atoms with E-state index < -0.39 is 17.4 Å². The molecule has 1 amide bonds. The molecule has 0 spiro atoms. The van der Waals surface area contributed by atoms with Crippen LogP contribution in [0.25, 0.3) is 0 Å². The lowest BCUT2D eigenvalue weighted by Crippen LogP contribution is -2.50. The summed E-state index contributed by atoms with van der Waals surface area (Å²) in [6.45, 7) is 1.96. The Balaban J connectivity index is 2.11. The van der Waals surface area contributed by atoms with Crippen LogP contribution in [0.15, 0.2) is 0 Å². The second kappa shape index (κ2) is 3.81. The molecule has 1 aromatic heterocycles. The Morgan fingerprint density at radius 1 is 1.59 bits per heavy atom. The average molecular weight is 239 g/mol. The largest absolute Gasteiger partial charge is 0.480 e. The van der Waals surface area contributed by atoms with Crippen molar-refractivity contribution in [1.82, 2.24) is 20.1 Å². The molecular weight excluding hydrogens is 226 g/mol.